The van der Waals surface area contributed by atoms with Gasteiger partial charge in [0.05, 0.1) is 21.3 Å². The maximum Gasteiger partial charge on any atom is 0.261 e. The van der Waals surface area contributed by atoms with E-state index in [1.807, 2.05) is 18.2 Å². The van der Waals surface area contributed by atoms with Gasteiger partial charge in [0.1, 0.15) is 0 Å². The minimum atomic E-state index is -0.338. The Morgan fingerprint density at radius 2 is 1.72 bits per heavy atom. The number of hydrogen-bond acceptors (Lipinski definition) is 6. The largest absolute Gasteiger partial charge is 0.345 e. The number of aromatic nitrogens is 1. The molecule has 32 heavy (non-hydrogen) atoms. The number of rotatable bonds is 3. The highest BCUT2D eigenvalue weighted by atomic mass is 35.5. The Labute approximate surface area is 194 Å². The van der Waals surface area contributed by atoms with E-state index in [9.17, 15) is 14.4 Å². The molecule has 2 aromatic carbocycles. The molecule has 0 bridgehead atoms. The summed E-state index contributed by atoms with van der Waals surface area (Å²) in [6.45, 7) is 6.04. The SMILES string of the molecule is CC(C)N1C(=O)c2ccc(C(=O)N3CCN(c4nc5ccc(Cl)cc5s4)CC3)cc2C1=O. The van der Waals surface area contributed by atoms with Crippen LogP contribution in [-0.4, -0.2) is 64.7 Å². The van der Waals surface area contributed by atoms with Crippen molar-refractivity contribution in [3.05, 3.63) is 58.1 Å². The Morgan fingerprint density at radius 1 is 1.00 bits per heavy atom. The highest BCUT2D eigenvalue weighted by Crippen LogP contribution is 2.31. The van der Waals surface area contributed by atoms with Crippen LogP contribution in [-0.2, 0) is 0 Å². The fourth-order valence-electron chi connectivity index (χ4n) is 4.17. The second-order valence-corrected chi connectivity index (χ2v) is 9.67. The first-order valence-corrected chi connectivity index (χ1v) is 11.6. The number of hydrogen-bond donors (Lipinski definition) is 0. The molecule has 2 aliphatic heterocycles. The molecular formula is C23H21ClN4O3S. The zero-order valence-corrected chi connectivity index (χ0v) is 19.2. The monoisotopic (exact) mass is 468 g/mol. The molecule has 0 atom stereocenters. The number of amides is 3. The van der Waals surface area contributed by atoms with Crippen LogP contribution in [0.5, 0.6) is 0 Å². The predicted molar refractivity (Wildman–Crippen MR) is 125 cm³/mol. The van der Waals surface area contributed by atoms with Crippen LogP contribution in [0.25, 0.3) is 10.2 Å². The highest BCUT2D eigenvalue weighted by Gasteiger charge is 2.37. The van der Waals surface area contributed by atoms with Gasteiger partial charge in [0.2, 0.25) is 0 Å². The van der Waals surface area contributed by atoms with Gasteiger partial charge in [-0.1, -0.05) is 22.9 Å². The van der Waals surface area contributed by atoms with Crippen molar-refractivity contribution in [3.8, 4) is 0 Å². The fraction of sp³-hybridized carbons (Fsp3) is 0.304. The van der Waals surface area contributed by atoms with Crippen molar-refractivity contribution in [3.63, 3.8) is 0 Å². The standard InChI is InChI=1S/C23H21ClN4O3S/c1-13(2)28-21(30)16-5-3-14(11-17(16)22(28)31)20(29)26-7-9-27(10-8-26)23-25-18-6-4-15(24)12-19(18)32-23/h3-6,11-13H,7-10H2,1-2H3. The summed E-state index contributed by atoms with van der Waals surface area (Å²) in [6, 6.07) is 10.2. The number of carbonyl (C=O) groups excluding carboxylic acids is 3. The Morgan fingerprint density at radius 3 is 2.44 bits per heavy atom. The molecule has 0 aliphatic carbocycles. The van der Waals surface area contributed by atoms with Gasteiger partial charge >= 0.3 is 0 Å². The van der Waals surface area contributed by atoms with Gasteiger partial charge in [0.25, 0.3) is 17.7 Å². The summed E-state index contributed by atoms with van der Waals surface area (Å²) in [5.74, 6) is -0.771. The Hall–Kier alpha value is -2.97. The number of nitrogens with zero attached hydrogens (tertiary/aromatic N) is 4. The number of halogens is 1. The minimum Gasteiger partial charge on any atom is -0.345 e. The lowest BCUT2D eigenvalue weighted by atomic mass is 10.0. The number of anilines is 1. The second kappa shape index (κ2) is 7.86. The number of piperazine rings is 1. The van der Waals surface area contributed by atoms with Crippen LogP contribution in [0.4, 0.5) is 5.13 Å². The van der Waals surface area contributed by atoms with Crippen LogP contribution in [0, 0.1) is 0 Å². The summed E-state index contributed by atoms with van der Waals surface area (Å²) in [5.41, 5.74) is 2.02. The van der Waals surface area contributed by atoms with Gasteiger partial charge in [-0.25, -0.2) is 4.98 Å². The van der Waals surface area contributed by atoms with E-state index < -0.39 is 0 Å². The Bertz CT molecular complexity index is 1260. The Balaban J connectivity index is 1.30. The van der Waals surface area contributed by atoms with Crippen molar-refractivity contribution in [2.45, 2.75) is 19.9 Å². The van der Waals surface area contributed by atoms with Crippen molar-refractivity contribution < 1.29 is 14.4 Å². The van der Waals surface area contributed by atoms with Gasteiger partial charge in [-0.15, -0.1) is 0 Å². The molecule has 0 unspecified atom stereocenters. The fourth-order valence-corrected chi connectivity index (χ4v) is 5.46. The van der Waals surface area contributed by atoms with Crippen molar-refractivity contribution in [1.29, 1.82) is 0 Å². The number of benzene rings is 2. The first-order valence-electron chi connectivity index (χ1n) is 10.5. The predicted octanol–water partition coefficient (Wildman–Crippen LogP) is 3.92. The van der Waals surface area contributed by atoms with Crippen LogP contribution in [0.1, 0.15) is 44.9 Å². The molecule has 5 rings (SSSR count). The molecular weight excluding hydrogens is 448 g/mol. The molecule has 0 radical (unpaired) electrons. The molecule has 0 N–H and O–H groups in total. The van der Waals surface area contributed by atoms with Gasteiger partial charge in [-0.3, -0.25) is 19.3 Å². The van der Waals surface area contributed by atoms with Crippen molar-refractivity contribution in [2.75, 3.05) is 31.1 Å². The number of thiazole rings is 1. The van der Waals surface area contributed by atoms with Crippen LogP contribution in [0.2, 0.25) is 5.02 Å². The summed E-state index contributed by atoms with van der Waals surface area (Å²) in [5, 5.41) is 1.61. The molecule has 0 saturated carbocycles. The van der Waals surface area contributed by atoms with Crippen LogP contribution in [0.15, 0.2) is 36.4 Å². The maximum atomic E-state index is 13.1. The lowest BCUT2D eigenvalue weighted by Gasteiger charge is -2.34. The van der Waals surface area contributed by atoms with E-state index in [4.69, 9.17) is 11.6 Å². The molecule has 1 saturated heterocycles. The second-order valence-electron chi connectivity index (χ2n) is 8.22. The van der Waals surface area contributed by atoms with Crippen LogP contribution in [0.3, 0.4) is 0 Å². The highest BCUT2D eigenvalue weighted by molar-refractivity contribution is 7.22. The zero-order valence-electron chi connectivity index (χ0n) is 17.7. The molecule has 3 aromatic rings. The molecule has 1 fully saturated rings. The van der Waals surface area contributed by atoms with E-state index in [0.29, 0.717) is 47.9 Å². The number of fused-ring (bicyclic) bond motifs is 2. The molecule has 2 aliphatic rings. The summed E-state index contributed by atoms with van der Waals surface area (Å²) in [4.78, 5) is 48.1. The normalized spacial score (nSPS) is 16.4. The molecule has 9 heteroatoms. The van der Waals surface area contributed by atoms with E-state index in [1.54, 1.807) is 48.3 Å². The van der Waals surface area contributed by atoms with Gasteiger partial charge < -0.3 is 9.80 Å². The Kier molecular flexibility index (Phi) is 5.14. The third kappa shape index (κ3) is 3.43. The van der Waals surface area contributed by atoms with E-state index in [-0.39, 0.29) is 23.8 Å². The van der Waals surface area contributed by atoms with Gasteiger partial charge in [0, 0.05) is 42.8 Å². The van der Waals surface area contributed by atoms with E-state index >= 15 is 0 Å². The van der Waals surface area contributed by atoms with Crippen LogP contribution >= 0.6 is 22.9 Å². The number of carbonyl (C=O) groups is 3. The van der Waals surface area contributed by atoms with Gasteiger partial charge in [-0.2, -0.15) is 0 Å². The lowest BCUT2D eigenvalue weighted by molar-refractivity contribution is 0.0608. The zero-order chi connectivity index (χ0) is 22.6. The third-order valence-electron chi connectivity index (χ3n) is 5.86. The van der Waals surface area contributed by atoms with Gasteiger partial charge in [0.15, 0.2) is 5.13 Å². The summed E-state index contributed by atoms with van der Waals surface area (Å²) >= 11 is 7.67. The first kappa shape index (κ1) is 20.9. The topological polar surface area (TPSA) is 73.8 Å². The molecule has 0 spiro atoms. The summed E-state index contributed by atoms with van der Waals surface area (Å²) < 4.78 is 1.04. The lowest BCUT2D eigenvalue weighted by Crippen LogP contribution is -2.48. The molecule has 1 aromatic heterocycles. The quantitative estimate of drug-likeness (QED) is 0.545. The number of imide groups is 1. The van der Waals surface area contributed by atoms with E-state index in [2.05, 4.69) is 9.88 Å². The average Bonchev–Trinajstić information content (AvgIpc) is 3.31. The van der Waals surface area contributed by atoms with Crippen molar-refractivity contribution >= 4 is 56.0 Å². The molecule has 164 valence electrons. The van der Waals surface area contributed by atoms with Crippen molar-refractivity contribution in [1.82, 2.24) is 14.8 Å². The first-order chi connectivity index (χ1) is 15.3. The van der Waals surface area contributed by atoms with Crippen LogP contribution < -0.4 is 4.90 Å². The molecule has 3 heterocycles. The smallest absolute Gasteiger partial charge is 0.261 e. The molecule has 7 nitrogen and oxygen atoms in total. The third-order valence-corrected chi connectivity index (χ3v) is 7.17. The maximum absolute atomic E-state index is 13.1. The molecule has 3 amide bonds. The summed E-state index contributed by atoms with van der Waals surface area (Å²) in [7, 11) is 0. The van der Waals surface area contributed by atoms with Crippen molar-refractivity contribution in [2.24, 2.45) is 0 Å². The summed E-state index contributed by atoms with van der Waals surface area (Å²) in [6.07, 6.45) is 0. The minimum absolute atomic E-state index is 0.133. The van der Waals surface area contributed by atoms with E-state index in [1.165, 1.54) is 4.90 Å². The average molecular weight is 469 g/mol. The van der Waals surface area contributed by atoms with E-state index in [0.717, 1.165) is 15.3 Å². The van der Waals surface area contributed by atoms with Gasteiger partial charge in [-0.05, 0) is 50.2 Å².